The third-order valence-electron chi connectivity index (χ3n) is 4.41. The molecule has 0 spiro atoms. The second kappa shape index (κ2) is 4.52. The summed E-state index contributed by atoms with van der Waals surface area (Å²) in [5.41, 5.74) is 2.48. The Balaban J connectivity index is 3.17. The van der Waals surface area contributed by atoms with Gasteiger partial charge in [-0.2, -0.15) is 0 Å². The minimum absolute atomic E-state index is 0.0570. The number of aliphatic hydroxyl groups is 1. The molecular weight excluding hydrogens is 220 g/mol. The van der Waals surface area contributed by atoms with Crippen molar-refractivity contribution in [2.24, 2.45) is 16.2 Å². The first-order valence-electron chi connectivity index (χ1n) is 6.95. The average Bonchev–Trinajstić information content (AvgIpc) is 2.09. The Morgan fingerprint density at radius 1 is 1.17 bits per heavy atom. The smallest absolute Gasteiger partial charge is 0.0843 e. The van der Waals surface area contributed by atoms with E-state index in [-0.39, 0.29) is 22.3 Å². The van der Waals surface area contributed by atoms with E-state index in [1.165, 1.54) is 5.57 Å². The van der Waals surface area contributed by atoms with Crippen molar-refractivity contribution in [3.05, 3.63) is 23.3 Å². The zero-order valence-electron chi connectivity index (χ0n) is 13.4. The Morgan fingerprint density at radius 2 is 1.67 bits per heavy atom. The molecule has 1 rings (SSSR count). The van der Waals surface area contributed by atoms with Crippen LogP contribution in [0.1, 0.15) is 61.8 Å². The summed E-state index contributed by atoms with van der Waals surface area (Å²) in [6, 6.07) is 0. The van der Waals surface area contributed by atoms with Gasteiger partial charge in [-0.15, -0.1) is 0 Å². The van der Waals surface area contributed by atoms with Crippen LogP contribution in [0, 0.1) is 16.2 Å². The summed E-state index contributed by atoms with van der Waals surface area (Å²) < 4.78 is 0. The molecule has 0 aliphatic heterocycles. The van der Waals surface area contributed by atoms with Gasteiger partial charge in [-0.1, -0.05) is 59.3 Å². The molecule has 104 valence electrons. The van der Waals surface area contributed by atoms with Gasteiger partial charge >= 0.3 is 0 Å². The van der Waals surface area contributed by atoms with Crippen LogP contribution >= 0.6 is 0 Å². The van der Waals surface area contributed by atoms with Crippen LogP contribution in [0.2, 0.25) is 0 Å². The van der Waals surface area contributed by atoms with Gasteiger partial charge in [0.1, 0.15) is 0 Å². The monoisotopic (exact) mass is 250 g/mol. The van der Waals surface area contributed by atoms with E-state index in [1.807, 2.05) is 6.92 Å². The SMILES string of the molecule is CC1=CC(C)(C(C)(C)CC(C)(C)C)C(O)C(C)=C1. The number of aliphatic hydroxyl groups excluding tert-OH is 1. The van der Waals surface area contributed by atoms with Crippen molar-refractivity contribution < 1.29 is 5.11 Å². The van der Waals surface area contributed by atoms with Crippen LogP contribution in [0.4, 0.5) is 0 Å². The van der Waals surface area contributed by atoms with E-state index in [0.717, 1.165) is 12.0 Å². The molecule has 1 heteroatoms. The molecule has 0 saturated carbocycles. The maximum Gasteiger partial charge on any atom is 0.0843 e. The molecule has 0 aromatic rings. The van der Waals surface area contributed by atoms with E-state index in [2.05, 4.69) is 60.6 Å². The summed E-state index contributed by atoms with van der Waals surface area (Å²) in [5, 5.41) is 10.6. The van der Waals surface area contributed by atoms with E-state index >= 15 is 0 Å². The molecule has 1 aliphatic rings. The quantitative estimate of drug-likeness (QED) is 0.751. The molecule has 1 aliphatic carbocycles. The first-order chi connectivity index (χ1) is 7.89. The lowest BCUT2D eigenvalue weighted by Crippen LogP contribution is -2.47. The molecule has 0 amide bonds. The van der Waals surface area contributed by atoms with Crippen LogP contribution in [-0.2, 0) is 0 Å². The predicted octanol–water partition coefficient (Wildman–Crippen LogP) is 4.72. The van der Waals surface area contributed by atoms with Crippen molar-refractivity contribution in [1.82, 2.24) is 0 Å². The third kappa shape index (κ3) is 2.88. The first-order valence-corrected chi connectivity index (χ1v) is 6.95. The highest BCUT2D eigenvalue weighted by molar-refractivity contribution is 5.34. The van der Waals surface area contributed by atoms with Gasteiger partial charge in [0.2, 0.25) is 0 Å². The van der Waals surface area contributed by atoms with Crippen molar-refractivity contribution in [3.8, 4) is 0 Å². The van der Waals surface area contributed by atoms with E-state index in [1.54, 1.807) is 0 Å². The van der Waals surface area contributed by atoms with Crippen LogP contribution in [0.3, 0.4) is 0 Å². The van der Waals surface area contributed by atoms with Crippen LogP contribution < -0.4 is 0 Å². The highest BCUT2D eigenvalue weighted by atomic mass is 16.3. The van der Waals surface area contributed by atoms with Crippen LogP contribution in [0.15, 0.2) is 23.3 Å². The molecule has 1 N–H and O–H groups in total. The number of allylic oxidation sites excluding steroid dienone is 2. The van der Waals surface area contributed by atoms with E-state index < -0.39 is 0 Å². The molecule has 0 bridgehead atoms. The van der Waals surface area contributed by atoms with E-state index in [0.29, 0.717) is 0 Å². The van der Waals surface area contributed by atoms with Crippen LogP contribution in [-0.4, -0.2) is 11.2 Å². The number of hydrogen-bond donors (Lipinski definition) is 1. The molecule has 0 heterocycles. The summed E-state index contributed by atoms with van der Waals surface area (Å²) in [4.78, 5) is 0. The Bertz CT molecular complexity index is 379. The first kappa shape index (κ1) is 15.5. The van der Waals surface area contributed by atoms with Gasteiger partial charge in [0.05, 0.1) is 6.10 Å². The summed E-state index contributed by atoms with van der Waals surface area (Å²) in [5.74, 6) is 0. The topological polar surface area (TPSA) is 20.2 Å². The highest BCUT2D eigenvalue weighted by Gasteiger charge is 2.47. The second-order valence-electron chi connectivity index (χ2n) is 8.08. The fourth-order valence-electron chi connectivity index (χ4n) is 3.59. The molecule has 2 unspecified atom stereocenters. The molecular formula is C17H30O. The maximum atomic E-state index is 10.6. The standard InChI is InChI=1S/C17H30O/c1-12-9-13(2)14(18)17(8,10-12)16(6,7)11-15(3,4)5/h9-10,14,18H,11H2,1-8H3. The largest absolute Gasteiger partial charge is 0.388 e. The molecule has 2 atom stereocenters. The maximum absolute atomic E-state index is 10.6. The molecule has 0 aromatic heterocycles. The fraction of sp³-hybridized carbons (Fsp3) is 0.765. The Labute approximate surface area is 113 Å². The Kier molecular flexibility index (Phi) is 3.89. The molecule has 0 aromatic carbocycles. The second-order valence-corrected chi connectivity index (χ2v) is 8.08. The summed E-state index contributed by atoms with van der Waals surface area (Å²) in [6.45, 7) is 17.7. The minimum atomic E-state index is -0.376. The lowest BCUT2D eigenvalue weighted by atomic mass is 9.56. The minimum Gasteiger partial charge on any atom is -0.388 e. The normalized spacial score (nSPS) is 29.9. The summed E-state index contributed by atoms with van der Waals surface area (Å²) in [6.07, 6.45) is 5.07. The van der Waals surface area contributed by atoms with Crippen LogP contribution in [0.25, 0.3) is 0 Å². The zero-order chi connectivity index (χ0) is 14.4. The number of hydrogen-bond acceptors (Lipinski definition) is 1. The molecule has 0 fully saturated rings. The average molecular weight is 250 g/mol. The number of rotatable bonds is 2. The molecule has 18 heavy (non-hydrogen) atoms. The van der Waals surface area contributed by atoms with Crippen molar-refractivity contribution in [3.63, 3.8) is 0 Å². The van der Waals surface area contributed by atoms with Crippen LogP contribution in [0.5, 0.6) is 0 Å². The van der Waals surface area contributed by atoms with Crippen molar-refractivity contribution in [2.45, 2.75) is 67.9 Å². The van der Waals surface area contributed by atoms with Gasteiger partial charge in [0.15, 0.2) is 0 Å². The Hall–Kier alpha value is -0.560. The van der Waals surface area contributed by atoms with Gasteiger partial charge in [-0.05, 0) is 36.7 Å². The van der Waals surface area contributed by atoms with Gasteiger partial charge < -0.3 is 5.11 Å². The van der Waals surface area contributed by atoms with Gasteiger partial charge in [0.25, 0.3) is 0 Å². The van der Waals surface area contributed by atoms with Gasteiger partial charge in [-0.3, -0.25) is 0 Å². The summed E-state index contributed by atoms with van der Waals surface area (Å²) >= 11 is 0. The van der Waals surface area contributed by atoms with E-state index in [4.69, 9.17) is 0 Å². The Morgan fingerprint density at radius 3 is 2.11 bits per heavy atom. The lowest BCUT2D eigenvalue weighted by molar-refractivity contribution is -0.0154. The molecule has 0 saturated heterocycles. The van der Waals surface area contributed by atoms with Gasteiger partial charge in [-0.25, -0.2) is 0 Å². The van der Waals surface area contributed by atoms with Crippen molar-refractivity contribution in [1.29, 1.82) is 0 Å². The lowest BCUT2D eigenvalue weighted by Gasteiger charge is -2.50. The third-order valence-corrected chi connectivity index (χ3v) is 4.41. The van der Waals surface area contributed by atoms with E-state index in [9.17, 15) is 5.11 Å². The summed E-state index contributed by atoms with van der Waals surface area (Å²) in [7, 11) is 0. The highest BCUT2D eigenvalue weighted by Crippen LogP contribution is 2.52. The van der Waals surface area contributed by atoms with Gasteiger partial charge in [0, 0.05) is 5.41 Å². The van der Waals surface area contributed by atoms with Crippen molar-refractivity contribution >= 4 is 0 Å². The molecule has 1 nitrogen and oxygen atoms in total. The predicted molar refractivity (Wildman–Crippen MR) is 79.5 cm³/mol. The zero-order valence-corrected chi connectivity index (χ0v) is 13.4. The fourth-order valence-corrected chi connectivity index (χ4v) is 3.59. The van der Waals surface area contributed by atoms with Crippen molar-refractivity contribution in [2.75, 3.05) is 0 Å². The molecule has 0 radical (unpaired) electrons.